The highest BCUT2D eigenvalue weighted by Crippen LogP contribution is 2.37. The molecule has 0 saturated carbocycles. The third kappa shape index (κ3) is 2.57. The molecule has 23 heavy (non-hydrogen) atoms. The molecule has 1 aliphatic carbocycles. The van der Waals surface area contributed by atoms with E-state index in [1.54, 1.807) is 6.08 Å². The normalized spacial score (nSPS) is 15.7. The number of carbonyl (C=O) groups is 1. The van der Waals surface area contributed by atoms with Gasteiger partial charge in [0.25, 0.3) is 0 Å². The molecule has 1 heterocycles. The number of thiophene rings is 1. The van der Waals surface area contributed by atoms with E-state index in [1.807, 2.05) is 30.3 Å². The largest absolute Gasteiger partial charge is 0.506 e. The Kier molecular flexibility index (Phi) is 3.50. The van der Waals surface area contributed by atoms with E-state index in [-0.39, 0.29) is 11.5 Å². The Bertz CT molecular complexity index is 934. The fourth-order valence-corrected chi connectivity index (χ4v) is 4.18. The molecule has 1 aromatic heterocycles. The van der Waals surface area contributed by atoms with E-state index in [1.165, 1.54) is 22.5 Å². The van der Waals surface area contributed by atoms with Gasteiger partial charge in [-0.05, 0) is 48.6 Å². The first kappa shape index (κ1) is 14.2. The summed E-state index contributed by atoms with van der Waals surface area (Å²) in [5.41, 5.74) is 3.82. The zero-order valence-electron chi connectivity index (χ0n) is 12.6. The molecule has 0 radical (unpaired) electrons. The molecule has 0 unspecified atom stereocenters. The molecule has 1 aliphatic rings. The summed E-state index contributed by atoms with van der Waals surface area (Å²) >= 11 is 1.36. The second kappa shape index (κ2) is 5.67. The van der Waals surface area contributed by atoms with E-state index in [0.717, 1.165) is 34.9 Å². The lowest BCUT2D eigenvalue weighted by atomic mass is 9.87. The van der Waals surface area contributed by atoms with E-state index >= 15 is 0 Å². The third-order valence-electron chi connectivity index (χ3n) is 4.38. The Hall–Kier alpha value is -2.39. The van der Waals surface area contributed by atoms with Crippen molar-refractivity contribution < 1.29 is 9.90 Å². The molecule has 3 aromatic rings. The van der Waals surface area contributed by atoms with Crippen molar-refractivity contribution in [1.29, 1.82) is 0 Å². The molecule has 4 rings (SSSR count). The van der Waals surface area contributed by atoms with Crippen LogP contribution < -0.4 is 0 Å². The molecular weight excluding hydrogens is 304 g/mol. The lowest BCUT2D eigenvalue weighted by molar-refractivity contribution is 0.104. The van der Waals surface area contributed by atoms with E-state index in [9.17, 15) is 9.90 Å². The molecule has 3 heteroatoms. The minimum Gasteiger partial charge on any atom is -0.506 e. The Balaban J connectivity index is 1.66. The van der Waals surface area contributed by atoms with Gasteiger partial charge in [0.15, 0.2) is 5.78 Å². The molecule has 2 nitrogen and oxygen atoms in total. The maximum absolute atomic E-state index is 12.6. The van der Waals surface area contributed by atoms with Crippen molar-refractivity contribution in [2.45, 2.75) is 19.3 Å². The van der Waals surface area contributed by atoms with Crippen molar-refractivity contribution in [3.8, 4) is 5.75 Å². The van der Waals surface area contributed by atoms with Crippen LogP contribution in [0.3, 0.4) is 0 Å². The Morgan fingerprint density at radius 1 is 1.00 bits per heavy atom. The topological polar surface area (TPSA) is 37.3 Å². The molecule has 0 atom stereocenters. The van der Waals surface area contributed by atoms with Gasteiger partial charge in [-0.15, -0.1) is 11.3 Å². The summed E-state index contributed by atoms with van der Waals surface area (Å²) in [4.78, 5) is 13.0. The van der Waals surface area contributed by atoms with E-state index in [0.29, 0.717) is 4.88 Å². The van der Waals surface area contributed by atoms with Crippen LogP contribution in [0, 0.1) is 0 Å². The highest BCUT2D eigenvalue weighted by atomic mass is 32.1. The fourth-order valence-electron chi connectivity index (χ4n) is 3.18. The Morgan fingerprint density at radius 3 is 2.57 bits per heavy atom. The average Bonchev–Trinajstić information content (AvgIpc) is 2.92. The van der Waals surface area contributed by atoms with Crippen molar-refractivity contribution in [2.75, 3.05) is 0 Å². The Labute approximate surface area is 138 Å². The molecular formula is C20H16O2S. The smallest absolute Gasteiger partial charge is 0.199 e. The predicted octanol–water partition coefficient (Wildman–Crippen LogP) is 4.90. The van der Waals surface area contributed by atoms with E-state index in [2.05, 4.69) is 18.2 Å². The first-order chi connectivity index (χ1) is 11.2. The van der Waals surface area contributed by atoms with Gasteiger partial charge >= 0.3 is 0 Å². The minimum atomic E-state index is -0.0851. The van der Waals surface area contributed by atoms with E-state index in [4.69, 9.17) is 0 Å². The zero-order chi connectivity index (χ0) is 15.8. The van der Waals surface area contributed by atoms with Gasteiger partial charge in [-0.3, -0.25) is 4.79 Å². The fraction of sp³-hybridized carbons (Fsp3) is 0.150. The number of carbonyl (C=O) groups excluding carboxylic acids is 1. The van der Waals surface area contributed by atoms with Crippen molar-refractivity contribution in [2.24, 2.45) is 0 Å². The summed E-state index contributed by atoms with van der Waals surface area (Å²) in [6.45, 7) is 0. The summed E-state index contributed by atoms with van der Waals surface area (Å²) in [5, 5.41) is 11.1. The molecule has 1 N–H and O–H groups in total. The molecule has 0 saturated heterocycles. The Morgan fingerprint density at radius 2 is 1.74 bits per heavy atom. The van der Waals surface area contributed by atoms with Gasteiger partial charge in [-0.25, -0.2) is 0 Å². The lowest BCUT2D eigenvalue weighted by Gasteiger charge is -2.18. The molecule has 0 fully saturated rings. The quantitative estimate of drug-likeness (QED) is 0.538. The van der Waals surface area contributed by atoms with Crippen LogP contribution in [0.5, 0.6) is 5.75 Å². The summed E-state index contributed by atoms with van der Waals surface area (Å²) in [6.07, 6.45) is 4.44. The molecule has 0 amide bonds. The van der Waals surface area contributed by atoms with Crippen LogP contribution in [0.25, 0.3) is 10.1 Å². The van der Waals surface area contributed by atoms with Crippen LogP contribution in [-0.4, -0.2) is 10.9 Å². The highest BCUT2D eigenvalue weighted by Gasteiger charge is 2.18. The second-order valence-electron chi connectivity index (χ2n) is 5.89. The van der Waals surface area contributed by atoms with Crippen LogP contribution in [0.4, 0.5) is 0 Å². The zero-order valence-corrected chi connectivity index (χ0v) is 13.4. The van der Waals surface area contributed by atoms with Gasteiger partial charge < -0.3 is 5.11 Å². The summed E-state index contributed by atoms with van der Waals surface area (Å²) in [7, 11) is 0. The third-order valence-corrected chi connectivity index (χ3v) is 5.55. The van der Waals surface area contributed by atoms with Gasteiger partial charge in [-0.2, -0.15) is 0 Å². The molecule has 2 aromatic carbocycles. The number of fused-ring (bicyclic) bond motifs is 2. The van der Waals surface area contributed by atoms with E-state index < -0.39 is 0 Å². The van der Waals surface area contributed by atoms with Gasteiger partial charge in [0.2, 0.25) is 0 Å². The summed E-state index contributed by atoms with van der Waals surface area (Å²) in [6, 6.07) is 16.0. The molecule has 114 valence electrons. The summed E-state index contributed by atoms with van der Waals surface area (Å²) in [5.74, 6) is 0.0294. The number of hydrogen-bond donors (Lipinski definition) is 1. The van der Waals surface area contributed by atoms with Crippen LogP contribution in [0.2, 0.25) is 0 Å². The van der Waals surface area contributed by atoms with Crippen molar-refractivity contribution in [3.05, 3.63) is 76.2 Å². The molecule has 0 bridgehead atoms. The number of allylic oxidation sites excluding steroid dienone is 2. The van der Waals surface area contributed by atoms with Crippen LogP contribution >= 0.6 is 11.3 Å². The number of benzene rings is 2. The first-order valence-electron chi connectivity index (χ1n) is 7.73. The number of rotatable bonds is 2. The monoisotopic (exact) mass is 320 g/mol. The van der Waals surface area contributed by atoms with Crippen LogP contribution in [0.15, 0.2) is 60.2 Å². The maximum atomic E-state index is 12.6. The minimum absolute atomic E-state index is 0.0851. The molecule has 0 aliphatic heterocycles. The van der Waals surface area contributed by atoms with Gasteiger partial charge in [0.05, 0.1) is 0 Å². The molecule has 0 spiro atoms. The first-order valence-corrected chi connectivity index (χ1v) is 8.55. The van der Waals surface area contributed by atoms with Crippen molar-refractivity contribution in [1.82, 2.24) is 0 Å². The number of ketones is 1. The second-order valence-corrected chi connectivity index (χ2v) is 6.94. The van der Waals surface area contributed by atoms with Gasteiger partial charge in [0.1, 0.15) is 10.6 Å². The number of aryl methyl sites for hydroxylation is 1. The number of hydrogen-bond acceptors (Lipinski definition) is 3. The predicted molar refractivity (Wildman–Crippen MR) is 94.4 cm³/mol. The van der Waals surface area contributed by atoms with Crippen molar-refractivity contribution in [3.63, 3.8) is 0 Å². The van der Waals surface area contributed by atoms with Gasteiger partial charge in [0, 0.05) is 10.1 Å². The average molecular weight is 320 g/mol. The van der Waals surface area contributed by atoms with Crippen LogP contribution in [-0.2, 0) is 12.8 Å². The van der Waals surface area contributed by atoms with Crippen molar-refractivity contribution >= 4 is 27.2 Å². The highest BCUT2D eigenvalue weighted by molar-refractivity contribution is 7.21. The number of aromatic hydroxyl groups is 1. The lowest BCUT2D eigenvalue weighted by Crippen LogP contribution is -2.07. The van der Waals surface area contributed by atoms with Crippen LogP contribution in [0.1, 0.15) is 27.2 Å². The maximum Gasteiger partial charge on any atom is 0.199 e. The summed E-state index contributed by atoms with van der Waals surface area (Å²) < 4.78 is 0.945. The SMILES string of the molecule is O=C(/C=C1\CCc2ccccc2C1)c1sc2ccccc2c1O. The van der Waals surface area contributed by atoms with Gasteiger partial charge in [-0.1, -0.05) is 42.0 Å². The standard InChI is InChI=1S/C20H16O2S/c21-17(20-19(22)16-7-3-4-8-18(16)23-20)12-13-9-10-14-5-1-2-6-15(14)11-13/h1-8,12,22H,9-11H2/b13-12+.